The van der Waals surface area contributed by atoms with Gasteiger partial charge in [0, 0.05) is 18.7 Å². The fraction of sp³-hybridized carbons (Fsp3) is 0.227. The molecule has 7 heteroatoms. The van der Waals surface area contributed by atoms with E-state index >= 15 is 0 Å². The summed E-state index contributed by atoms with van der Waals surface area (Å²) in [6, 6.07) is 17.8. The third kappa shape index (κ3) is 2.86. The highest BCUT2D eigenvalue weighted by atomic mass is 16.5. The topological polar surface area (TPSA) is 76.0 Å². The number of aromatic amines is 1. The largest absolute Gasteiger partial charge is 0.496 e. The molecule has 146 valence electrons. The summed E-state index contributed by atoms with van der Waals surface area (Å²) in [6.07, 6.45) is 0. The fourth-order valence-corrected chi connectivity index (χ4v) is 4.01. The van der Waals surface area contributed by atoms with Gasteiger partial charge in [-0.25, -0.2) is 4.98 Å². The van der Waals surface area contributed by atoms with E-state index in [1.54, 1.807) is 13.2 Å². The monoisotopic (exact) mass is 387 g/mol. The molecule has 4 aromatic rings. The molecule has 5 rings (SSSR count). The molecule has 1 saturated heterocycles. The van der Waals surface area contributed by atoms with Crippen LogP contribution in [0.3, 0.4) is 0 Å². The molecule has 1 fully saturated rings. The number of aryl methyl sites for hydroxylation is 1. The van der Waals surface area contributed by atoms with Crippen molar-refractivity contribution in [2.45, 2.75) is 13.0 Å². The standard InChI is InChI=1S/C22H21N5O2/c1-14-23-17-8-4-5-9-20(17)27(14)15-12-26(13-15)22(28)19-11-18(24-25-19)16-7-3-6-10-21(16)29-2/h3-11,15H,12-13H2,1-2H3,(H,24,25). The first-order chi connectivity index (χ1) is 14.2. The maximum atomic E-state index is 12.9. The van der Waals surface area contributed by atoms with Crippen molar-refractivity contribution < 1.29 is 9.53 Å². The van der Waals surface area contributed by atoms with Crippen molar-refractivity contribution in [2.24, 2.45) is 0 Å². The molecule has 1 N–H and O–H groups in total. The number of benzene rings is 2. The molecule has 29 heavy (non-hydrogen) atoms. The Bertz CT molecular complexity index is 1200. The number of hydrogen-bond donors (Lipinski definition) is 1. The average Bonchev–Trinajstić information content (AvgIpc) is 3.32. The van der Waals surface area contributed by atoms with Crippen molar-refractivity contribution in [2.75, 3.05) is 20.2 Å². The highest BCUT2D eigenvalue weighted by Gasteiger charge is 2.34. The molecule has 7 nitrogen and oxygen atoms in total. The lowest BCUT2D eigenvalue weighted by atomic mass is 10.1. The van der Waals surface area contributed by atoms with Gasteiger partial charge in [0.25, 0.3) is 5.91 Å². The SMILES string of the molecule is COc1ccccc1-c1cc(C(=O)N2CC(n3c(C)nc4ccccc43)C2)[nH]n1. The summed E-state index contributed by atoms with van der Waals surface area (Å²) in [5.41, 5.74) is 4.13. The predicted molar refractivity (Wildman–Crippen MR) is 110 cm³/mol. The lowest BCUT2D eigenvalue weighted by molar-refractivity contribution is 0.0517. The van der Waals surface area contributed by atoms with E-state index in [4.69, 9.17) is 4.74 Å². The second-order valence-electron chi connectivity index (χ2n) is 7.25. The van der Waals surface area contributed by atoms with Gasteiger partial charge in [-0.05, 0) is 37.3 Å². The minimum absolute atomic E-state index is 0.0445. The van der Waals surface area contributed by atoms with Gasteiger partial charge in [-0.15, -0.1) is 0 Å². The zero-order chi connectivity index (χ0) is 20.0. The van der Waals surface area contributed by atoms with Crippen LogP contribution >= 0.6 is 0 Å². The maximum Gasteiger partial charge on any atom is 0.272 e. The van der Waals surface area contributed by atoms with Gasteiger partial charge in [0.2, 0.25) is 0 Å². The number of nitrogens with one attached hydrogen (secondary N) is 1. The molecule has 0 aliphatic carbocycles. The van der Waals surface area contributed by atoms with E-state index in [1.165, 1.54) is 0 Å². The molecule has 1 aliphatic heterocycles. The molecule has 2 aromatic heterocycles. The fourth-order valence-electron chi connectivity index (χ4n) is 4.01. The molecular weight excluding hydrogens is 366 g/mol. The Kier molecular flexibility index (Phi) is 4.08. The Morgan fingerprint density at radius 2 is 1.90 bits per heavy atom. The number of imidazole rings is 1. The van der Waals surface area contributed by atoms with Gasteiger partial charge in [-0.1, -0.05) is 24.3 Å². The summed E-state index contributed by atoms with van der Waals surface area (Å²) in [4.78, 5) is 19.3. The van der Waals surface area contributed by atoms with Crippen LogP contribution in [0.4, 0.5) is 0 Å². The second-order valence-corrected chi connectivity index (χ2v) is 7.25. The average molecular weight is 387 g/mol. The zero-order valence-electron chi connectivity index (χ0n) is 16.3. The van der Waals surface area contributed by atoms with E-state index in [0.29, 0.717) is 24.5 Å². The molecule has 0 unspecified atom stereocenters. The molecule has 1 aliphatic rings. The highest BCUT2D eigenvalue weighted by Crippen LogP contribution is 2.31. The summed E-state index contributed by atoms with van der Waals surface area (Å²) in [5, 5.41) is 7.19. The van der Waals surface area contributed by atoms with Crippen LogP contribution in [-0.2, 0) is 0 Å². The van der Waals surface area contributed by atoms with Crippen molar-refractivity contribution in [1.29, 1.82) is 0 Å². The van der Waals surface area contributed by atoms with Crippen LogP contribution in [0.2, 0.25) is 0 Å². The van der Waals surface area contributed by atoms with Crippen molar-refractivity contribution in [3.63, 3.8) is 0 Å². The number of carbonyl (C=O) groups excluding carboxylic acids is 1. The first-order valence-corrected chi connectivity index (χ1v) is 9.57. The molecule has 3 heterocycles. The normalized spacial score (nSPS) is 14.2. The predicted octanol–water partition coefficient (Wildman–Crippen LogP) is 3.44. The van der Waals surface area contributed by atoms with E-state index in [9.17, 15) is 4.79 Å². The number of fused-ring (bicyclic) bond motifs is 1. The summed E-state index contributed by atoms with van der Waals surface area (Å²) in [7, 11) is 1.62. The number of ether oxygens (including phenoxy) is 1. The number of likely N-dealkylation sites (tertiary alicyclic amines) is 1. The van der Waals surface area contributed by atoms with Gasteiger partial charge >= 0.3 is 0 Å². The van der Waals surface area contributed by atoms with Crippen molar-refractivity contribution in [1.82, 2.24) is 24.6 Å². The third-order valence-electron chi connectivity index (χ3n) is 5.48. The number of rotatable bonds is 4. The molecule has 0 spiro atoms. The van der Waals surface area contributed by atoms with Gasteiger partial charge in [0.15, 0.2) is 0 Å². The lowest BCUT2D eigenvalue weighted by Gasteiger charge is -2.40. The number of para-hydroxylation sites is 3. The van der Waals surface area contributed by atoms with Crippen LogP contribution in [0.1, 0.15) is 22.4 Å². The van der Waals surface area contributed by atoms with E-state index in [0.717, 1.165) is 28.2 Å². The van der Waals surface area contributed by atoms with Crippen LogP contribution in [0.15, 0.2) is 54.6 Å². The second kappa shape index (κ2) is 6.77. The smallest absolute Gasteiger partial charge is 0.272 e. The van der Waals surface area contributed by atoms with Crippen LogP contribution in [0.5, 0.6) is 5.75 Å². The van der Waals surface area contributed by atoms with Crippen LogP contribution < -0.4 is 4.74 Å². The van der Waals surface area contributed by atoms with Crippen molar-refractivity contribution in [3.05, 3.63) is 66.1 Å². The molecular formula is C22H21N5O2. The number of aromatic nitrogens is 4. The number of methoxy groups -OCH3 is 1. The minimum Gasteiger partial charge on any atom is -0.496 e. The van der Waals surface area contributed by atoms with Gasteiger partial charge in [0.05, 0.1) is 29.9 Å². The number of amides is 1. The van der Waals surface area contributed by atoms with Crippen molar-refractivity contribution in [3.8, 4) is 17.0 Å². The maximum absolute atomic E-state index is 12.9. The van der Waals surface area contributed by atoms with Gasteiger partial charge in [-0.3, -0.25) is 9.89 Å². The number of hydrogen-bond acceptors (Lipinski definition) is 4. The summed E-state index contributed by atoms with van der Waals surface area (Å²) < 4.78 is 7.62. The van der Waals surface area contributed by atoms with E-state index < -0.39 is 0 Å². The van der Waals surface area contributed by atoms with Crippen molar-refractivity contribution >= 4 is 16.9 Å². The van der Waals surface area contributed by atoms with Gasteiger partial charge in [-0.2, -0.15) is 5.10 Å². The summed E-state index contributed by atoms with van der Waals surface area (Å²) >= 11 is 0. The Morgan fingerprint density at radius 3 is 2.72 bits per heavy atom. The Labute approximate surface area is 167 Å². The molecule has 0 saturated carbocycles. The van der Waals surface area contributed by atoms with Gasteiger partial charge < -0.3 is 14.2 Å². The first-order valence-electron chi connectivity index (χ1n) is 9.57. The Hall–Kier alpha value is -3.61. The minimum atomic E-state index is -0.0445. The van der Waals surface area contributed by atoms with Crippen LogP contribution in [0, 0.1) is 6.92 Å². The van der Waals surface area contributed by atoms with Crippen LogP contribution in [-0.4, -0.2) is 50.8 Å². The molecule has 0 radical (unpaired) electrons. The van der Waals surface area contributed by atoms with Crippen LogP contribution in [0.25, 0.3) is 22.3 Å². The molecule has 1 amide bonds. The number of H-pyrrole nitrogens is 1. The zero-order valence-corrected chi connectivity index (χ0v) is 16.3. The molecule has 0 atom stereocenters. The summed E-state index contributed by atoms with van der Waals surface area (Å²) in [5.74, 6) is 1.66. The van der Waals surface area contributed by atoms with Gasteiger partial charge in [0.1, 0.15) is 17.3 Å². The highest BCUT2D eigenvalue weighted by molar-refractivity contribution is 5.94. The quantitative estimate of drug-likeness (QED) is 0.582. The number of carbonyl (C=O) groups is 1. The third-order valence-corrected chi connectivity index (χ3v) is 5.48. The Morgan fingerprint density at radius 1 is 1.14 bits per heavy atom. The summed E-state index contributed by atoms with van der Waals surface area (Å²) in [6.45, 7) is 3.32. The lowest BCUT2D eigenvalue weighted by Crippen LogP contribution is -2.51. The number of nitrogens with zero attached hydrogens (tertiary/aromatic N) is 4. The van der Waals surface area contributed by atoms with E-state index in [1.807, 2.05) is 54.3 Å². The van der Waals surface area contributed by atoms with E-state index in [-0.39, 0.29) is 11.9 Å². The molecule has 0 bridgehead atoms. The first kappa shape index (κ1) is 17.5. The molecule has 2 aromatic carbocycles. The van der Waals surface area contributed by atoms with E-state index in [2.05, 4.69) is 25.8 Å². The Balaban J connectivity index is 1.33.